The lowest BCUT2D eigenvalue weighted by atomic mass is 10.2. The van der Waals surface area contributed by atoms with E-state index in [2.05, 4.69) is 4.98 Å². The summed E-state index contributed by atoms with van der Waals surface area (Å²) in [6.45, 7) is 2.61. The van der Waals surface area contributed by atoms with Gasteiger partial charge in [0.2, 0.25) is 0 Å². The zero-order valence-electron chi connectivity index (χ0n) is 11.7. The Kier molecular flexibility index (Phi) is 5.75. The van der Waals surface area contributed by atoms with Crippen molar-refractivity contribution >= 4 is 17.5 Å². The monoisotopic (exact) mass is 305 g/mol. The number of Topliss-reactive ketones (excluding diaryl/α,β-unsaturated/α-hetero) is 1. The van der Waals surface area contributed by atoms with Crippen molar-refractivity contribution < 1.29 is 13.9 Å². The smallest absolute Gasteiger partial charge is 0.174 e. The Bertz CT molecular complexity index is 619. The number of ether oxygens (including phenoxy) is 1. The third-order valence-electron chi connectivity index (χ3n) is 2.67. The Labute approximate surface area is 127 Å². The maximum atomic E-state index is 13.1. The van der Waals surface area contributed by atoms with E-state index in [1.54, 1.807) is 24.4 Å². The SMILES string of the molecule is CCCOc1cncc(C(=O)CSc2cccc(F)c2)c1. The quantitative estimate of drug-likeness (QED) is 0.573. The number of halogens is 1. The summed E-state index contributed by atoms with van der Waals surface area (Å²) in [5.74, 6) is 0.476. The molecule has 0 saturated heterocycles. The number of pyridine rings is 1. The van der Waals surface area contributed by atoms with Gasteiger partial charge in [0.25, 0.3) is 0 Å². The van der Waals surface area contributed by atoms with Crippen LogP contribution in [0.2, 0.25) is 0 Å². The van der Waals surface area contributed by atoms with Crippen LogP contribution in [0.3, 0.4) is 0 Å². The summed E-state index contributed by atoms with van der Waals surface area (Å²) >= 11 is 1.30. The number of aromatic nitrogens is 1. The van der Waals surface area contributed by atoms with Gasteiger partial charge in [-0.15, -0.1) is 11.8 Å². The van der Waals surface area contributed by atoms with Gasteiger partial charge in [0.15, 0.2) is 5.78 Å². The van der Waals surface area contributed by atoms with Crippen molar-refractivity contribution in [2.75, 3.05) is 12.4 Å². The van der Waals surface area contributed by atoms with E-state index in [1.165, 1.54) is 30.1 Å². The van der Waals surface area contributed by atoms with Crippen LogP contribution in [0.4, 0.5) is 4.39 Å². The molecule has 0 amide bonds. The molecular formula is C16H16FNO2S. The first-order valence-electron chi connectivity index (χ1n) is 6.68. The minimum absolute atomic E-state index is 0.0568. The van der Waals surface area contributed by atoms with Crippen LogP contribution in [0.15, 0.2) is 47.6 Å². The molecule has 0 fully saturated rings. The summed E-state index contributed by atoms with van der Waals surface area (Å²) in [5, 5.41) is 0. The summed E-state index contributed by atoms with van der Waals surface area (Å²) in [5.41, 5.74) is 0.507. The molecule has 0 radical (unpaired) electrons. The predicted octanol–water partition coefficient (Wildman–Crippen LogP) is 3.98. The summed E-state index contributed by atoms with van der Waals surface area (Å²) in [7, 11) is 0. The van der Waals surface area contributed by atoms with Crippen LogP contribution in [-0.4, -0.2) is 23.1 Å². The van der Waals surface area contributed by atoms with Crippen molar-refractivity contribution in [3.05, 3.63) is 54.1 Å². The fourth-order valence-corrected chi connectivity index (χ4v) is 2.49. The van der Waals surface area contributed by atoms with Gasteiger partial charge in [-0.25, -0.2) is 4.39 Å². The molecule has 0 N–H and O–H groups in total. The number of hydrogen-bond donors (Lipinski definition) is 0. The Morgan fingerprint density at radius 2 is 2.19 bits per heavy atom. The van der Waals surface area contributed by atoms with E-state index in [-0.39, 0.29) is 17.4 Å². The molecule has 1 aromatic heterocycles. The molecule has 0 spiro atoms. The highest BCUT2D eigenvalue weighted by molar-refractivity contribution is 8.00. The van der Waals surface area contributed by atoms with Gasteiger partial charge in [-0.3, -0.25) is 9.78 Å². The van der Waals surface area contributed by atoms with Gasteiger partial charge in [0.1, 0.15) is 11.6 Å². The van der Waals surface area contributed by atoms with Crippen LogP contribution < -0.4 is 4.74 Å². The van der Waals surface area contributed by atoms with Crippen molar-refractivity contribution in [3.8, 4) is 5.75 Å². The van der Waals surface area contributed by atoms with Gasteiger partial charge < -0.3 is 4.74 Å². The van der Waals surface area contributed by atoms with Gasteiger partial charge in [-0.1, -0.05) is 13.0 Å². The molecule has 2 rings (SSSR count). The van der Waals surface area contributed by atoms with E-state index in [0.29, 0.717) is 17.9 Å². The molecule has 21 heavy (non-hydrogen) atoms. The van der Waals surface area contributed by atoms with Gasteiger partial charge in [-0.05, 0) is 30.7 Å². The van der Waals surface area contributed by atoms with Gasteiger partial charge >= 0.3 is 0 Å². The van der Waals surface area contributed by atoms with Crippen LogP contribution in [-0.2, 0) is 0 Å². The third kappa shape index (κ3) is 4.86. The minimum Gasteiger partial charge on any atom is -0.492 e. The van der Waals surface area contributed by atoms with Gasteiger partial charge in [0.05, 0.1) is 18.6 Å². The average Bonchev–Trinajstić information content (AvgIpc) is 2.51. The molecule has 1 heterocycles. The molecule has 110 valence electrons. The maximum absolute atomic E-state index is 13.1. The molecular weight excluding hydrogens is 289 g/mol. The highest BCUT2D eigenvalue weighted by Crippen LogP contribution is 2.21. The van der Waals surface area contributed by atoms with Crippen LogP contribution >= 0.6 is 11.8 Å². The fraction of sp³-hybridized carbons (Fsp3) is 0.250. The molecule has 3 nitrogen and oxygen atoms in total. The zero-order chi connectivity index (χ0) is 15.1. The Morgan fingerprint density at radius 1 is 1.33 bits per heavy atom. The fourth-order valence-electron chi connectivity index (χ4n) is 1.66. The molecule has 2 aromatic rings. The van der Waals surface area contributed by atoms with E-state index in [9.17, 15) is 9.18 Å². The molecule has 0 unspecified atom stereocenters. The van der Waals surface area contributed by atoms with Gasteiger partial charge in [-0.2, -0.15) is 0 Å². The van der Waals surface area contributed by atoms with E-state index < -0.39 is 0 Å². The van der Waals surface area contributed by atoms with E-state index in [4.69, 9.17) is 4.74 Å². The van der Waals surface area contributed by atoms with Crippen LogP contribution in [0.1, 0.15) is 23.7 Å². The van der Waals surface area contributed by atoms with Crippen LogP contribution in [0.25, 0.3) is 0 Å². The van der Waals surface area contributed by atoms with Crippen molar-refractivity contribution in [2.45, 2.75) is 18.2 Å². The third-order valence-corrected chi connectivity index (χ3v) is 3.67. The summed E-state index contributed by atoms with van der Waals surface area (Å²) < 4.78 is 18.5. The maximum Gasteiger partial charge on any atom is 0.174 e. The molecule has 0 atom stereocenters. The van der Waals surface area contributed by atoms with Crippen LogP contribution in [0.5, 0.6) is 5.75 Å². The first-order chi connectivity index (χ1) is 10.2. The first kappa shape index (κ1) is 15.5. The molecule has 0 saturated carbocycles. The average molecular weight is 305 g/mol. The predicted molar refractivity (Wildman–Crippen MR) is 81.5 cm³/mol. The van der Waals surface area contributed by atoms with E-state index in [0.717, 1.165) is 11.3 Å². The van der Waals surface area contributed by atoms with Crippen LogP contribution in [0, 0.1) is 5.82 Å². The number of benzene rings is 1. The van der Waals surface area contributed by atoms with E-state index in [1.807, 2.05) is 6.92 Å². The second-order valence-electron chi connectivity index (χ2n) is 4.43. The zero-order valence-corrected chi connectivity index (χ0v) is 12.5. The first-order valence-corrected chi connectivity index (χ1v) is 7.67. The van der Waals surface area contributed by atoms with Crippen molar-refractivity contribution in [2.24, 2.45) is 0 Å². The largest absolute Gasteiger partial charge is 0.492 e. The Morgan fingerprint density at radius 3 is 2.95 bits per heavy atom. The van der Waals surface area contributed by atoms with Crippen molar-refractivity contribution in [1.82, 2.24) is 4.98 Å². The molecule has 0 aliphatic heterocycles. The molecule has 0 bridgehead atoms. The topological polar surface area (TPSA) is 39.2 Å². The highest BCUT2D eigenvalue weighted by Gasteiger charge is 2.09. The number of rotatable bonds is 7. The van der Waals surface area contributed by atoms with Crippen molar-refractivity contribution in [3.63, 3.8) is 0 Å². The second kappa shape index (κ2) is 7.78. The molecule has 0 aliphatic rings. The highest BCUT2D eigenvalue weighted by atomic mass is 32.2. The number of thioether (sulfide) groups is 1. The van der Waals surface area contributed by atoms with Gasteiger partial charge in [0, 0.05) is 16.7 Å². The number of nitrogens with zero attached hydrogens (tertiary/aromatic N) is 1. The second-order valence-corrected chi connectivity index (χ2v) is 5.48. The molecule has 5 heteroatoms. The van der Waals surface area contributed by atoms with Crippen molar-refractivity contribution in [1.29, 1.82) is 0 Å². The summed E-state index contributed by atoms with van der Waals surface area (Å²) in [6.07, 6.45) is 4.01. The standard InChI is InChI=1S/C16H16FNO2S/c1-2-6-20-14-7-12(9-18-10-14)16(19)11-21-15-5-3-4-13(17)8-15/h3-5,7-10H,2,6,11H2,1H3. The Hall–Kier alpha value is -1.88. The lowest BCUT2D eigenvalue weighted by Gasteiger charge is -2.06. The number of ketones is 1. The normalized spacial score (nSPS) is 10.4. The molecule has 1 aromatic carbocycles. The number of carbonyl (C=O) groups is 1. The number of carbonyl (C=O) groups excluding carboxylic acids is 1. The summed E-state index contributed by atoms with van der Waals surface area (Å²) in [4.78, 5) is 16.9. The number of hydrogen-bond acceptors (Lipinski definition) is 4. The van der Waals surface area contributed by atoms with E-state index >= 15 is 0 Å². The lowest BCUT2D eigenvalue weighted by molar-refractivity contribution is 0.102. The lowest BCUT2D eigenvalue weighted by Crippen LogP contribution is -2.04. The minimum atomic E-state index is -0.302. The molecule has 0 aliphatic carbocycles. The Balaban J connectivity index is 1.96. The summed E-state index contributed by atoms with van der Waals surface area (Å²) in [6, 6.07) is 7.89.